The molecule has 0 saturated heterocycles. The monoisotopic (exact) mass is 510 g/mol. The Labute approximate surface area is 215 Å². The van der Waals surface area contributed by atoms with Gasteiger partial charge in [-0.05, 0) is 94.3 Å². The molecule has 1 saturated carbocycles. The highest BCUT2D eigenvalue weighted by Gasteiger charge is 2.39. The maximum atomic E-state index is 13.0. The van der Waals surface area contributed by atoms with Gasteiger partial charge in [-0.25, -0.2) is 18.7 Å². The van der Waals surface area contributed by atoms with E-state index in [1.165, 1.54) is 18.3 Å². The zero-order chi connectivity index (χ0) is 26.6. The second kappa shape index (κ2) is 11.3. The predicted octanol–water partition coefficient (Wildman–Crippen LogP) is 6.11. The number of anilines is 2. The van der Waals surface area contributed by atoms with E-state index in [4.69, 9.17) is 4.74 Å². The number of carbonyl (C=O) groups excluding carboxylic acids is 1. The highest BCUT2D eigenvalue weighted by molar-refractivity contribution is 5.72. The van der Waals surface area contributed by atoms with Crippen LogP contribution in [0.4, 0.5) is 20.4 Å². The predicted molar refractivity (Wildman–Crippen MR) is 136 cm³/mol. The molecule has 1 aliphatic carbocycles. The average molecular weight is 511 g/mol. The summed E-state index contributed by atoms with van der Waals surface area (Å²) in [5, 5.41) is 14.3. The Hall–Kier alpha value is -3.46. The second-order valence-electron chi connectivity index (χ2n) is 9.70. The third kappa shape index (κ3) is 6.28. The van der Waals surface area contributed by atoms with Crippen molar-refractivity contribution >= 4 is 17.6 Å². The number of ether oxygens (including phenoxy) is 1. The van der Waals surface area contributed by atoms with Gasteiger partial charge in [0.2, 0.25) is 0 Å². The molecule has 7 nitrogen and oxygen atoms in total. The van der Waals surface area contributed by atoms with Gasteiger partial charge >= 0.3 is 5.97 Å². The summed E-state index contributed by atoms with van der Waals surface area (Å²) in [6.07, 6.45) is 3.24. The van der Waals surface area contributed by atoms with Crippen molar-refractivity contribution in [2.24, 2.45) is 11.8 Å². The summed E-state index contributed by atoms with van der Waals surface area (Å²) in [5.41, 5.74) is 1.65. The maximum Gasteiger partial charge on any atom is 0.308 e. The fourth-order valence-electron chi connectivity index (χ4n) is 4.87. The highest BCUT2D eigenvalue weighted by atomic mass is 19.3. The molecule has 9 heteroatoms. The van der Waals surface area contributed by atoms with Crippen molar-refractivity contribution in [3.8, 4) is 11.3 Å². The number of aromatic nitrogens is 3. The maximum absolute atomic E-state index is 13.0. The van der Waals surface area contributed by atoms with E-state index in [1.807, 2.05) is 19.1 Å². The summed E-state index contributed by atoms with van der Waals surface area (Å²) in [5.74, 6) is 0.485. The number of alkyl halides is 2. The molecule has 0 aliphatic heterocycles. The molecule has 196 valence electrons. The average Bonchev–Trinajstić information content (AvgIpc) is 2.89. The van der Waals surface area contributed by atoms with E-state index < -0.39 is 12.0 Å². The first-order valence-corrected chi connectivity index (χ1v) is 12.5. The molecule has 0 spiro atoms. The Morgan fingerprint density at radius 2 is 1.89 bits per heavy atom. The summed E-state index contributed by atoms with van der Waals surface area (Å²) in [6.45, 7) is 5.87. The summed E-state index contributed by atoms with van der Waals surface area (Å²) in [6, 6.07) is 9.95. The van der Waals surface area contributed by atoms with Crippen molar-refractivity contribution < 1.29 is 23.4 Å². The smallest absolute Gasteiger partial charge is 0.308 e. The van der Waals surface area contributed by atoms with Gasteiger partial charge in [-0.15, -0.1) is 0 Å². The SMILES string of the molecule is CCOC(=O)C1CCC(C(C)(O)c2ccc(-c3cc(C)cc(Nc4cc(C(F)F)ccn4)n3)cn2)CC1. The number of aryl methyl sites for hydroxylation is 1. The van der Waals surface area contributed by atoms with Crippen molar-refractivity contribution in [1.82, 2.24) is 15.0 Å². The number of hydrogen-bond donors (Lipinski definition) is 2. The molecule has 1 atom stereocenters. The lowest BCUT2D eigenvalue weighted by Gasteiger charge is -2.37. The lowest BCUT2D eigenvalue weighted by atomic mass is 9.73. The molecule has 4 rings (SSSR count). The van der Waals surface area contributed by atoms with E-state index in [-0.39, 0.29) is 29.2 Å². The molecular weight excluding hydrogens is 478 g/mol. The van der Waals surface area contributed by atoms with Crippen LogP contribution in [0, 0.1) is 18.8 Å². The van der Waals surface area contributed by atoms with Gasteiger partial charge in [0, 0.05) is 23.5 Å². The normalized spacial score (nSPS) is 19.3. The minimum atomic E-state index is -2.58. The molecule has 1 fully saturated rings. The molecule has 0 radical (unpaired) electrons. The van der Waals surface area contributed by atoms with Gasteiger partial charge in [0.05, 0.1) is 23.9 Å². The van der Waals surface area contributed by atoms with Crippen molar-refractivity contribution in [3.63, 3.8) is 0 Å². The van der Waals surface area contributed by atoms with Crippen LogP contribution in [-0.4, -0.2) is 32.6 Å². The Kier molecular flexibility index (Phi) is 8.12. The third-order valence-corrected chi connectivity index (χ3v) is 6.98. The quantitative estimate of drug-likeness (QED) is 0.353. The molecular formula is C28H32F2N4O3. The van der Waals surface area contributed by atoms with Gasteiger partial charge in [0.25, 0.3) is 6.43 Å². The van der Waals surface area contributed by atoms with Crippen molar-refractivity contribution in [1.29, 1.82) is 0 Å². The van der Waals surface area contributed by atoms with Gasteiger partial charge in [-0.1, -0.05) is 0 Å². The zero-order valence-electron chi connectivity index (χ0n) is 21.2. The van der Waals surface area contributed by atoms with Crippen LogP contribution in [0.2, 0.25) is 0 Å². The van der Waals surface area contributed by atoms with Crippen LogP contribution in [-0.2, 0) is 15.1 Å². The molecule has 37 heavy (non-hydrogen) atoms. The van der Waals surface area contributed by atoms with Crippen LogP contribution < -0.4 is 5.32 Å². The Balaban J connectivity index is 1.48. The third-order valence-electron chi connectivity index (χ3n) is 6.98. The second-order valence-corrected chi connectivity index (χ2v) is 9.70. The van der Waals surface area contributed by atoms with Gasteiger partial charge in [-0.3, -0.25) is 9.78 Å². The number of hydrogen-bond acceptors (Lipinski definition) is 7. The summed E-state index contributed by atoms with van der Waals surface area (Å²) >= 11 is 0. The zero-order valence-corrected chi connectivity index (χ0v) is 21.2. The fraction of sp³-hybridized carbons (Fsp3) is 0.429. The van der Waals surface area contributed by atoms with Gasteiger partial charge in [-0.2, -0.15) is 0 Å². The number of esters is 1. The molecule has 2 N–H and O–H groups in total. The fourth-order valence-corrected chi connectivity index (χ4v) is 4.87. The van der Waals surface area contributed by atoms with E-state index in [1.54, 1.807) is 32.2 Å². The molecule has 3 aromatic rings. The lowest BCUT2D eigenvalue weighted by molar-refractivity contribution is -0.150. The molecule has 1 aliphatic rings. The first-order chi connectivity index (χ1) is 17.7. The van der Waals surface area contributed by atoms with Gasteiger partial charge in [0.1, 0.15) is 17.2 Å². The van der Waals surface area contributed by atoms with Crippen LogP contribution in [0.5, 0.6) is 0 Å². The molecule has 3 heterocycles. The van der Waals surface area contributed by atoms with E-state index >= 15 is 0 Å². The highest BCUT2D eigenvalue weighted by Crippen LogP contribution is 2.41. The first kappa shape index (κ1) is 26.6. The Morgan fingerprint density at radius 3 is 2.54 bits per heavy atom. The summed E-state index contributed by atoms with van der Waals surface area (Å²) in [4.78, 5) is 25.3. The molecule has 0 bridgehead atoms. The van der Waals surface area contributed by atoms with Crippen LogP contribution in [0.25, 0.3) is 11.3 Å². The topological polar surface area (TPSA) is 97.2 Å². The van der Waals surface area contributed by atoms with E-state index in [2.05, 4.69) is 20.3 Å². The number of nitrogens with zero attached hydrogens (tertiary/aromatic N) is 3. The van der Waals surface area contributed by atoms with Crippen LogP contribution in [0.1, 0.15) is 62.8 Å². The standard InChI is InChI=1S/C28H32F2N4O3/c1-4-37-27(35)18-5-8-21(9-6-18)28(3,36)23-10-7-20(16-32-23)22-13-17(2)14-25(33-22)34-24-15-19(26(29)30)11-12-31-24/h7,10-16,18,21,26,36H,4-6,8-9H2,1-3H3,(H,31,33,34). The number of pyridine rings is 3. The number of rotatable bonds is 8. The van der Waals surface area contributed by atoms with Crippen LogP contribution in [0.15, 0.2) is 48.8 Å². The van der Waals surface area contributed by atoms with E-state index in [0.29, 0.717) is 36.7 Å². The number of nitrogens with one attached hydrogen (secondary N) is 1. The van der Waals surface area contributed by atoms with Crippen LogP contribution >= 0.6 is 0 Å². The first-order valence-electron chi connectivity index (χ1n) is 12.5. The van der Waals surface area contributed by atoms with E-state index in [0.717, 1.165) is 24.0 Å². The van der Waals surface area contributed by atoms with Gasteiger partial charge in [0.15, 0.2) is 0 Å². The lowest BCUT2D eigenvalue weighted by Crippen LogP contribution is -2.37. The molecule has 3 aromatic heterocycles. The number of carbonyl (C=O) groups is 1. The number of halogens is 2. The molecule has 0 aromatic carbocycles. The largest absolute Gasteiger partial charge is 0.466 e. The minimum Gasteiger partial charge on any atom is -0.466 e. The van der Waals surface area contributed by atoms with Gasteiger partial charge < -0.3 is 15.2 Å². The van der Waals surface area contributed by atoms with Crippen LogP contribution in [0.3, 0.4) is 0 Å². The van der Waals surface area contributed by atoms with Crippen molar-refractivity contribution in [2.75, 3.05) is 11.9 Å². The Bertz CT molecular complexity index is 1230. The summed E-state index contributed by atoms with van der Waals surface area (Å²) < 4.78 is 31.2. The molecule has 1 unspecified atom stereocenters. The van der Waals surface area contributed by atoms with E-state index in [9.17, 15) is 18.7 Å². The van der Waals surface area contributed by atoms with Crippen molar-refractivity contribution in [3.05, 3.63) is 65.6 Å². The molecule has 0 amide bonds. The number of aliphatic hydroxyl groups is 1. The van der Waals surface area contributed by atoms with Crippen molar-refractivity contribution in [2.45, 2.75) is 58.5 Å². The summed E-state index contributed by atoms with van der Waals surface area (Å²) in [7, 11) is 0. The Morgan fingerprint density at radius 1 is 1.14 bits per heavy atom. The minimum absolute atomic E-state index is 0.0130.